The van der Waals surface area contributed by atoms with Gasteiger partial charge < -0.3 is 5.32 Å². The maximum absolute atomic E-state index is 4.44. The van der Waals surface area contributed by atoms with Gasteiger partial charge in [-0.2, -0.15) is 5.10 Å². The third kappa shape index (κ3) is 3.26. The highest BCUT2D eigenvalue weighted by atomic mass is 15.1. The Morgan fingerprint density at radius 2 is 2.17 bits per heavy atom. The largest absolute Gasteiger partial charge is 0.381 e. The standard InChI is InChI=1S/C19H22N4/c1-4-6-13(2)21-14(3)19-17-11-15(8-9-18(17)22-23-19)16-7-5-10-20-12-16/h5,7-13,21H,3-4,6H2,1-2H3,(H,22,23). The zero-order valence-electron chi connectivity index (χ0n) is 13.6. The lowest BCUT2D eigenvalue weighted by Gasteiger charge is -2.15. The average molecular weight is 306 g/mol. The van der Waals surface area contributed by atoms with E-state index in [-0.39, 0.29) is 0 Å². The SMILES string of the molecule is C=C(NC(C)CCC)c1n[nH]c2ccc(-c3cccnc3)cc12. The van der Waals surface area contributed by atoms with Crippen LogP contribution in [0.15, 0.2) is 49.3 Å². The first kappa shape index (κ1) is 15.3. The first-order valence-corrected chi connectivity index (χ1v) is 8.03. The molecule has 0 aliphatic carbocycles. The first-order chi connectivity index (χ1) is 11.2. The Bertz CT molecular complexity index is 805. The fourth-order valence-electron chi connectivity index (χ4n) is 2.83. The highest BCUT2D eigenvalue weighted by molar-refractivity contribution is 5.92. The Labute approximate surface area is 136 Å². The van der Waals surface area contributed by atoms with Crippen molar-refractivity contribution in [2.75, 3.05) is 0 Å². The highest BCUT2D eigenvalue weighted by Crippen LogP contribution is 2.27. The van der Waals surface area contributed by atoms with Crippen LogP contribution >= 0.6 is 0 Å². The van der Waals surface area contributed by atoms with Crippen LogP contribution in [0.1, 0.15) is 32.4 Å². The molecule has 2 heterocycles. The van der Waals surface area contributed by atoms with E-state index >= 15 is 0 Å². The molecule has 0 aliphatic rings. The molecule has 1 unspecified atom stereocenters. The number of aromatic amines is 1. The number of nitrogens with one attached hydrogen (secondary N) is 2. The third-order valence-corrected chi connectivity index (χ3v) is 3.99. The maximum atomic E-state index is 4.44. The van der Waals surface area contributed by atoms with Gasteiger partial charge in [-0.15, -0.1) is 0 Å². The first-order valence-electron chi connectivity index (χ1n) is 8.03. The molecule has 0 bridgehead atoms. The predicted octanol–water partition coefficient (Wildman–Crippen LogP) is 4.37. The van der Waals surface area contributed by atoms with Gasteiger partial charge in [-0.3, -0.25) is 10.1 Å². The Morgan fingerprint density at radius 3 is 2.91 bits per heavy atom. The Balaban J connectivity index is 1.94. The molecule has 4 nitrogen and oxygen atoms in total. The summed E-state index contributed by atoms with van der Waals surface area (Å²) in [6.07, 6.45) is 5.92. The van der Waals surface area contributed by atoms with Crippen molar-refractivity contribution in [2.24, 2.45) is 0 Å². The molecule has 1 atom stereocenters. The second-order valence-electron chi connectivity index (χ2n) is 5.89. The van der Waals surface area contributed by atoms with E-state index in [1.165, 1.54) is 0 Å². The predicted molar refractivity (Wildman–Crippen MR) is 95.9 cm³/mol. The van der Waals surface area contributed by atoms with Crippen LogP contribution in [0, 0.1) is 0 Å². The zero-order valence-corrected chi connectivity index (χ0v) is 13.6. The van der Waals surface area contributed by atoms with E-state index in [2.05, 4.69) is 65.2 Å². The fraction of sp³-hybridized carbons (Fsp3) is 0.263. The van der Waals surface area contributed by atoms with E-state index in [0.717, 1.165) is 46.3 Å². The number of H-pyrrole nitrogens is 1. The molecular formula is C19H22N4. The van der Waals surface area contributed by atoms with Crippen molar-refractivity contribution < 1.29 is 0 Å². The van der Waals surface area contributed by atoms with E-state index in [0.29, 0.717) is 6.04 Å². The number of hydrogen-bond donors (Lipinski definition) is 2. The lowest BCUT2D eigenvalue weighted by Crippen LogP contribution is -2.23. The summed E-state index contributed by atoms with van der Waals surface area (Å²) >= 11 is 0. The number of benzene rings is 1. The van der Waals surface area contributed by atoms with Crippen molar-refractivity contribution in [3.8, 4) is 11.1 Å². The van der Waals surface area contributed by atoms with Gasteiger partial charge in [0.15, 0.2) is 0 Å². The summed E-state index contributed by atoms with van der Waals surface area (Å²) in [5.74, 6) is 0. The van der Waals surface area contributed by atoms with Crippen molar-refractivity contribution in [2.45, 2.75) is 32.7 Å². The van der Waals surface area contributed by atoms with Crippen LogP contribution in [0.3, 0.4) is 0 Å². The van der Waals surface area contributed by atoms with Crippen molar-refractivity contribution in [3.63, 3.8) is 0 Å². The summed E-state index contributed by atoms with van der Waals surface area (Å²) in [5.41, 5.74) is 4.98. The van der Waals surface area contributed by atoms with Crippen LogP contribution in [0.4, 0.5) is 0 Å². The lowest BCUT2D eigenvalue weighted by molar-refractivity contribution is 0.587. The van der Waals surface area contributed by atoms with Crippen molar-refractivity contribution in [1.82, 2.24) is 20.5 Å². The molecule has 1 aromatic carbocycles. The maximum Gasteiger partial charge on any atom is 0.115 e. The molecule has 2 aromatic heterocycles. The van der Waals surface area contributed by atoms with Gasteiger partial charge in [-0.25, -0.2) is 0 Å². The normalized spacial score (nSPS) is 12.3. The van der Waals surface area contributed by atoms with E-state index in [1.807, 2.05) is 12.3 Å². The van der Waals surface area contributed by atoms with Crippen molar-refractivity contribution in [3.05, 3.63) is 55.0 Å². The Kier molecular flexibility index (Phi) is 4.42. The number of nitrogens with zero attached hydrogens (tertiary/aromatic N) is 2. The van der Waals surface area contributed by atoms with Crippen LogP contribution < -0.4 is 5.32 Å². The summed E-state index contributed by atoms with van der Waals surface area (Å²) in [6.45, 7) is 8.52. The molecule has 0 radical (unpaired) electrons. The van der Waals surface area contributed by atoms with Crippen molar-refractivity contribution >= 4 is 16.6 Å². The lowest BCUT2D eigenvalue weighted by atomic mass is 10.0. The number of aromatic nitrogens is 3. The molecular weight excluding hydrogens is 284 g/mol. The Hall–Kier alpha value is -2.62. The molecule has 0 spiro atoms. The Morgan fingerprint density at radius 1 is 1.30 bits per heavy atom. The number of pyridine rings is 1. The molecule has 23 heavy (non-hydrogen) atoms. The van der Waals surface area contributed by atoms with Crippen LogP contribution in [0.25, 0.3) is 27.7 Å². The molecule has 4 heteroatoms. The summed E-state index contributed by atoms with van der Waals surface area (Å²) in [4.78, 5) is 4.19. The van der Waals surface area contributed by atoms with Gasteiger partial charge in [-0.1, -0.05) is 32.1 Å². The topological polar surface area (TPSA) is 53.6 Å². The average Bonchev–Trinajstić information content (AvgIpc) is 2.99. The molecule has 2 N–H and O–H groups in total. The van der Waals surface area contributed by atoms with Crippen LogP contribution in [0.5, 0.6) is 0 Å². The molecule has 0 aliphatic heterocycles. The smallest absolute Gasteiger partial charge is 0.115 e. The summed E-state index contributed by atoms with van der Waals surface area (Å²) in [5, 5.41) is 12.0. The second-order valence-corrected chi connectivity index (χ2v) is 5.89. The van der Waals surface area contributed by atoms with Gasteiger partial charge in [0.25, 0.3) is 0 Å². The van der Waals surface area contributed by atoms with Gasteiger partial charge in [0.2, 0.25) is 0 Å². The van der Waals surface area contributed by atoms with Crippen LogP contribution in [-0.4, -0.2) is 21.2 Å². The number of rotatable bonds is 6. The summed E-state index contributed by atoms with van der Waals surface area (Å²) in [6, 6.07) is 10.7. The van der Waals surface area contributed by atoms with Gasteiger partial charge >= 0.3 is 0 Å². The minimum absolute atomic E-state index is 0.390. The third-order valence-electron chi connectivity index (χ3n) is 3.99. The van der Waals surface area contributed by atoms with Gasteiger partial charge in [0.1, 0.15) is 5.69 Å². The minimum Gasteiger partial charge on any atom is -0.381 e. The molecule has 3 aromatic rings. The second kappa shape index (κ2) is 6.65. The highest BCUT2D eigenvalue weighted by Gasteiger charge is 2.12. The quantitative estimate of drug-likeness (QED) is 0.711. The van der Waals surface area contributed by atoms with E-state index < -0.39 is 0 Å². The monoisotopic (exact) mass is 306 g/mol. The van der Waals surface area contributed by atoms with E-state index in [1.54, 1.807) is 6.20 Å². The zero-order chi connectivity index (χ0) is 16.2. The minimum atomic E-state index is 0.390. The molecule has 0 saturated heterocycles. The van der Waals surface area contributed by atoms with E-state index in [4.69, 9.17) is 0 Å². The van der Waals surface area contributed by atoms with Crippen LogP contribution in [-0.2, 0) is 0 Å². The van der Waals surface area contributed by atoms with Crippen molar-refractivity contribution in [1.29, 1.82) is 0 Å². The fourth-order valence-corrected chi connectivity index (χ4v) is 2.83. The molecule has 118 valence electrons. The number of fused-ring (bicyclic) bond motifs is 1. The molecule has 3 rings (SSSR count). The van der Waals surface area contributed by atoms with Gasteiger partial charge in [-0.05, 0) is 37.1 Å². The summed E-state index contributed by atoms with van der Waals surface area (Å²) < 4.78 is 0. The molecule has 0 fully saturated rings. The number of hydrogen-bond acceptors (Lipinski definition) is 3. The van der Waals surface area contributed by atoms with Gasteiger partial charge in [0, 0.05) is 29.4 Å². The summed E-state index contributed by atoms with van der Waals surface area (Å²) in [7, 11) is 0. The van der Waals surface area contributed by atoms with Gasteiger partial charge in [0.05, 0.1) is 11.2 Å². The van der Waals surface area contributed by atoms with Crippen LogP contribution in [0.2, 0.25) is 0 Å². The van der Waals surface area contributed by atoms with E-state index in [9.17, 15) is 0 Å². The molecule has 0 amide bonds. The molecule has 0 saturated carbocycles.